The Morgan fingerprint density at radius 2 is 1.46 bits per heavy atom. The summed E-state index contributed by atoms with van der Waals surface area (Å²) in [5.41, 5.74) is -8.21. The molecule has 0 spiro atoms. The van der Waals surface area contributed by atoms with E-state index in [4.69, 9.17) is 33.2 Å². The number of carbonyl (C=O) groups is 6. The van der Waals surface area contributed by atoms with Crippen LogP contribution in [0.1, 0.15) is 80.3 Å². The van der Waals surface area contributed by atoms with E-state index < -0.39 is 112 Å². The van der Waals surface area contributed by atoms with Crippen molar-refractivity contribution in [3.63, 3.8) is 0 Å². The lowest BCUT2D eigenvalue weighted by Gasteiger charge is -2.68. The van der Waals surface area contributed by atoms with E-state index in [1.807, 2.05) is 0 Å². The quantitative estimate of drug-likeness (QED) is 0.162. The van der Waals surface area contributed by atoms with Crippen LogP contribution in [0.4, 0.5) is 0 Å². The molecule has 68 heavy (non-hydrogen) atoms. The number of aliphatic hydroxyl groups excluding tert-OH is 2. The van der Waals surface area contributed by atoms with Crippen LogP contribution in [0.15, 0.2) is 108 Å². The van der Waals surface area contributed by atoms with E-state index in [0.717, 1.165) is 13.8 Å². The normalized spacial score (nSPS) is 35.0. The molecule has 1 saturated heterocycles. The van der Waals surface area contributed by atoms with Crippen LogP contribution < -0.4 is 10.1 Å². The Hall–Kier alpha value is -6.24. The molecule has 0 aromatic heterocycles. The van der Waals surface area contributed by atoms with E-state index >= 15 is 4.79 Å². The zero-order valence-corrected chi connectivity index (χ0v) is 38.4. The third-order valence-electron chi connectivity index (χ3n) is 14.5. The molecule has 0 radical (unpaired) electrons. The first kappa shape index (κ1) is 48.2. The molecule has 3 fully saturated rings. The summed E-state index contributed by atoms with van der Waals surface area (Å²) >= 11 is 0. The molecule has 2 bridgehead atoms. The van der Waals surface area contributed by atoms with Crippen LogP contribution >= 0.6 is 0 Å². The van der Waals surface area contributed by atoms with E-state index in [0.29, 0.717) is 5.56 Å². The van der Waals surface area contributed by atoms with Crippen molar-refractivity contribution in [3.05, 3.63) is 125 Å². The lowest BCUT2D eigenvalue weighted by atomic mass is 9.44. The molecular formula is C51H55NO16. The molecule has 5 aliphatic rings. The number of hydrogen-bond donors (Lipinski definition) is 4. The van der Waals surface area contributed by atoms with Gasteiger partial charge in [0.15, 0.2) is 29.7 Å². The molecule has 17 nitrogen and oxygen atoms in total. The fourth-order valence-electron chi connectivity index (χ4n) is 11.1. The maximum atomic E-state index is 15.8. The standard InChI is InChI=1S/C51H55NO16/c1-27-36-40(65-28(2)53)42(57)49(6)34(55)25-35-50(26-64-35,68-29(3)54)41(49)44(67-46(59)31-19-11-8-12-20-31)51(61,48(36,4)5)43-39(27)66-47(60)38(56)37(30-17-9-7-10-18-30)52-45(58)32-21-13-14-22-33(32)62-23-15-16-24-63-43/h7-22,34-35,37-41,43-44,55-56,61H,23-26H2,1-6H3,(H,52,58)/b16-15-/t34-,35+,37-,38+,39+,40+,41-,43-,44-,49+,50-,51+/m0/s1. The highest BCUT2D eigenvalue weighted by atomic mass is 16.6. The molecular weight excluding hydrogens is 883 g/mol. The van der Waals surface area contributed by atoms with E-state index in [2.05, 4.69) is 5.32 Å². The van der Waals surface area contributed by atoms with Crippen molar-refractivity contribution < 1.29 is 77.2 Å². The summed E-state index contributed by atoms with van der Waals surface area (Å²) in [6.07, 6.45) is -9.52. The molecule has 2 saturated carbocycles. The number of hydrogen-bond acceptors (Lipinski definition) is 16. The number of ketones is 1. The van der Waals surface area contributed by atoms with Crippen molar-refractivity contribution in [2.45, 2.75) is 108 Å². The van der Waals surface area contributed by atoms with Gasteiger partial charge in [-0.3, -0.25) is 19.2 Å². The molecule has 3 aromatic carbocycles. The molecule has 2 heterocycles. The second-order valence-electron chi connectivity index (χ2n) is 18.6. The van der Waals surface area contributed by atoms with Gasteiger partial charge in [-0.25, -0.2) is 9.59 Å². The molecule has 3 aromatic rings. The second-order valence-corrected chi connectivity index (χ2v) is 18.6. The largest absolute Gasteiger partial charge is 0.489 e. The topological polar surface area (TPSA) is 240 Å². The lowest BCUT2D eigenvalue weighted by molar-refractivity contribution is -0.353. The number of amides is 1. The number of esters is 4. The Morgan fingerprint density at radius 3 is 2.10 bits per heavy atom. The predicted octanol–water partition coefficient (Wildman–Crippen LogP) is 3.68. The number of ether oxygens (including phenoxy) is 7. The van der Waals surface area contributed by atoms with Crippen molar-refractivity contribution in [2.75, 3.05) is 19.8 Å². The number of rotatable bonds is 5. The Kier molecular flexibility index (Phi) is 13.0. The average Bonchev–Trinajstić information content (AvgIpc) is 3.30. The van der Waals surface area contributed by atoms with Crippen LogP contribution in [-0.2, 0) is 47.6 Å². The number of aliphatic hydroxyl groups is 3. The summed E-state index contributed by atoms with van der Waals surface area (Å²) in [5.74, 6) is -7.16. The third kappa shape index (κ3) is 7.89. The van der Waals surface area contributed by atoms with Gasteiger partial charge in [0.2, 0.25) is 0 Å². The molecule has 2 aliphatic heterocycles. The highest BCUT2D eigenvalue weighted by Crippen LogP contribution is 2.65. The number of Topliss-reactive ketones (excluding diaryl/α,β-unsaturated/α-hetero) is 1. The number of fused-ring (bicyclic) bond motifs is 8. The van der Waals surface area contributed by atoms with Crippen LogP contribution in [0.5, 0.6) is 5.75 Å². The SMILES string of the molecule is CC(=O)O[C@H]1C(=O)[C@@]2(C)[C@H]([C@H](OC(=O)c3ccccc3)[C@]3(O)[C@H]4OC/C=C\COc5ccccc5C(=O)N[C@@H](c5ccccc5)[C@@H](O)C(=O)O[C@@H]4C(C)=C1C3(C)C)[C@]1(OC(C)=O)CO[C@@H]1C[C@@H]2O. The maximum absolute atomic E-state index is 15.8. The molecule has 1 amide bonds. The Morgan fingerprint density at radius 1 is 0.809 bits per heavy atom. The lowest BCUT2D eigenvalue weighted by Crippen LogP contribution is -2.83. The first-order valence-corrected chi connectivity index (χ1v) is 22.4. The summed E-state index contributed by atoms with van der Waals surface area (Å²) in [5, 5.41) is 41.5. The summed E-state index contributed by atoms with van der Waals surface area (Å²) in [4.78, 5) is 85.6. The maximum Gasteiger partial charge on any atom is 0.338 e. The number of nitrogens with one attached hydrogen (secondary N) is 1. The van der Waals surface area contributed by atoms with Crippen LogP contribution in [0.2, 0.25) is 0 Å². The zero-order chi connectivity index (χ0) is 48.9. The molecule has 12 atom stereocenters. The van der Waals surface area contributed by atoms with Gasteiger partial charge < -0.3 is 53.8 Å². The highest BCUT2D eigenvalue weighted by Gasteiger charge is 2.80. The number of carbonyl (C=O) groups excluding carboxylic acids is 6. The third-order valence-corrected chi connectivity index (χ3v) is 14.5. The van der Waals surface area contributed by atoms with Gasteiger partial charge in [0.1, 0.15) is 36.3 Å². The van der Waals surface area contributed by atoms with Gasteiger partial charge in [-0.1, -0.05) is 80.6 Å². The number of benzene rings is 3. The van der Waals surface area contributed by atoms with Crippen molar-refractivity contribution in [2.24, 2.45) is 16.7 Å². The monoisotopic (exact) mass is 937 g/mol. The summed E-state index contributed by atoms with van der Waals surface area (Å²) in [6, 6.07) is 20.9. The minimum absolute atomic E-state index is 0.0207. The van der Waals surface area contributed by atoms with Gasteiger partial charge in [0.05, 0.1) is 47.8 Å². The van der Waals surface area contributed by atoms with E-state index in [-0.39, 0.29) is 54.3 Å². The van der Waals surface area contributed by atoms with Crippen LogP contribution in [-0.4, -0.2) is 125 Å². The van der Waals surface area contributed by atoms with Crippen molar-refractivity contribution in [1.29, 1.82) is 0 Å². The van der Waals surface area contributed by atoms with Crippen LogP contribution in [0.3, 0.4) is 0 Å². The molecule has 4 N–H and O–H groups in total. The molecule has 0 unspecified atom stereocenters. The van der Waals surface area contributed by atoms with Gasteiger partial charge in [0.25, 0.3) is 5.91 Å². The van der Waals surface area contributed by atoms with E-state index in [1.54, 1.807) is 78.9 Å². The smallest absolute Gasteiger partial charge is 0.338 e. The van der Waals surface area contributed by atoms with Gasteiger partial charge in [0, 0.05) is 25.7 Å². The minimum Gasteiger partial charge on any atom is -0.489 e. The van der Waals surface area contributed by atoms with E-state index in [9.17, 15) is 39.3 Å². The van der Waals surface area contributed by atoms with Gasteiger partial charge in [-0.05, 0) is 60.9 Å². The first-order valence-electron chi connectivity index (χ1n) is 22.4. The Bertz CT molecular complexity index is 2540. The minimum atomic E-state index is -2.71. The summed E-state index contributed by atoms with van der Waals surface area (Å²) in [6.45, 7) is 7.33. The highest BCUT2D eigenvalue weighted by molar-refractivity contribution is 5.98. The van der Waals surface area contributed by atoms with Gasteiger partial charge in [-0.15, -0.1) is 0 Å². The van der Waals surface area contributed by atoms with Gasteiger partial charge in [-0.2, -0.15) is 0 Å². The van der Waals surface area contributed by atoms with Gasteiger partial charge >= 0.3 is 23.9 Å². The fraction of sp³-hybridized carbons (Fsp3) is 0.451. The van der Waals surface area contributed by atoms with Crippen LogP contribution in [0.25, 0.3) is 0 Å². The Labute approximate surface area is 392 Å². The van der Waals surface area contributed by atoms with Crippen LogP contribution in [0, 0.1) is 16.7 Å². The molecule has 17 heteroatoms. The molecule has 3 aliphatic carbocycles. The zero-order valence-electron chi connectivity index (χ0n) is 38.4. The Balaban J connectivity index is 1.39. The van der Waals surface area contributed by atoms with Crippen molar-refractivity contribution in [1.82, 2.24) is 5.32 Å². The fourth-order valence-corrected chi connectivity index (χ4v) is 11.1. The first-order chi connectivity index (χ1) is 32.3. The second kappa shape index (κ2) is 18.3. The molecule has 360 valence electrons. The summed E-state index contributed by atoms with van der Waals surface area (Å²) < 4.78 is 43.6. The van der Waals surface area contributed by atoms with Crippen molar-refractivity contribution >= 4 is 35.6 Å². The predicted molar refractivity (Wildman–Crippen MR) is 237 cm³/mol. The molecule has 8 rings (SSSR count). The average molecular weight is 938 g/mol. The summed E-state index contributed by atoms with van der Waals surface area (Å²) in [7, 11) is 0. The number of para-hydroxylation sites is 1. The van der Waals surface area contributed by atoms with Crippen molar-refractivity contribution in [3.8, 4) is 5.75 Å². The van der Waals surface area contributed by atoms with E-state index in [1.165, 1.54) is 45.9 Å².